The van der Waals surface area contributed by atoms with Crippen molar-refractivity contribution in [3.05, 3.63) is 59.0 Å². The molecule has 1 aliphatic heterocycles. The first-order chi connectivity index (χ1) is 17.7. The van der Waals surface area contributed by atoms with Crippen molar-refractivity contribution in [1.29, 1.82) is 0 Å². The van der Waals surface area contributed by atoms with Crippen molar-refractivity contribution in [1.82, 2.24) is 14.8 Å². The number of carboxylic acid groups (broad SMARTS) is 1. The average Bonchev–Trinajstić information content (AvgIpc) is 3.30. The van der Waals surface area contributed by atoms with Crippen LogP contribution in [0.4, 0.5) is 5.69 Å². The van der Waals surface area contributed by atoms with Gasteiger partial charge in [-0.3, -0.25) is 13.8 Å². The van der Waals surface area contributed by atoms with Gasteiger partial charge in [-0.05, 0) is 56.2 Å². The van der Waals surface area contributed by atoms with Crippen molar-refractivity contribution in [2.24, 2.45) is 0 Å². The van der Waals surface area contributed by atoms with E-state index in [4.69, 9.17) is 26.2 Å². The molecule has 0 fully saturated rings. The minimum Gasteiger partial charge on any atom is -0.486 e. The zero-order valence-corrected chi connectivity index (χ0v) is 21.9. The van der Waals surface area contributed by atoms with Gasteiger partial charge >= 0.3 is 5.97 Å². The highest BCUT2D eigenvalue weighted by Gasteiger charge is 2.37. The molecule has 3 heterocycles. The number of aryl methyl sites for hydroxylation is 1. The summed E-state index contributed by atoms with van der Waals surface area (Å²) in [7, 11) is -4.13. The second kappa shape index (κ2) is 11.2. The van der Waals surface area contributed by atoms with Gasteiger partial charge in [0.15, 0.2) is 4.90 Å². The predicted molar refractivity (Wildman–Crippen MR) is 140 cm³/mol. The Kier molecular flexibility index (Phi) is 8.03. The number of hydrogen-bond acceptors (Lipinski definition) is 7. The standard InChI is InChI=1S/C25H27ClN4O6S/c1-3-29-16-22(25(28-29)35-4-2)37(33,34)30-15-19(11-13-24(31)32)36-21-12-9-17(14-20(21)30)8-10-18-6-5-7-23(26)27-18/h5-10,12,14,16,19H,3-4,11,13,15H2,1-2H3,(H,31,32)/b10-8+/t19-/m0/s1. The van der Waals surface area contributed by atoms with E-state index >= 15 is 0 Å². The molecule has 0 spiro atoms. The normalized spacial score (nSPS) is 15.4. The minimum atomic E-state index is -4.13. The summed E-state index contributed by atoms with van der Waals surface area (Å²) in [6.07, 6.45) is 4.35. The number of aromatic nitrogens is 3. The number of aliphatic carboxylic acids is 1. The minimum absolute atomic E-state index is 0.0163. The number of pyridine rings is 1. The molecule has 0 bridgehead atoms. The third-order valence-electron chi connectivity index (χ3n) is 5.65. The fourth-order valence-corrected chi connectivity index (χ4v) is 5.62. The van der Waals surface area contributed by atoms with Crippen LogP contribution in [-0.4, -0.2) is 53.5 Å². The van der Waals surface area contributed by atoms with E-state index < -0.39 is 22.1 Å². The largest absolute Gasteiger partial charge is 0.486 e. The zero-order valence-electron chi connectivity index (χ0n) is 20.4. The van der Waals surface area contributed by atoms with Crippen molar-refractivity contribution in [2.45, 2.75) is 44.2 Å². The Balaban J connectivity index is 1.75. The number of halogens is 1. The summed E-state index contributed by atoms with van der Waals surface area (Å²) in [4.78, 5) is 15.3. The molecule has 1 aliphatic rings. The van der Waals surface area contributed by atoms with Gasteiger partial charge < -0.3 is 14.6 Å². The van der Waals surface area contributed by atoms with Crippen LogP contribution in [0, 0.1) is 0 Å². The first-order valence-electron chi connectivity index (χ1n) is 11.8. The second-order valence-corrected chi connectivity index (χ2v) is 10.5. The predicted octanol–water partition coefficient (Wildman–Crippen LogP) is 4.34. The highest BCUT2D eigenvalue weighted by atomic mass is 35.5. The Morgan fingerprint density at radius 2 is 2.08 bits per heavy atom. The zero-order chi connectivity index (χ0) is 26.6. The molecule has 3 aromatic rings. The molecule has 4 rings (SSSR count). The maximum Gasteiger partial charge on any atom is 0.303 e. The molecular formula is C25H27ClN4O6S. The molecule has 0 aliphatic carbocycles. The third-order valence-corrected chi connectivity index (χ3v) is 7.62. The number of ether oxygens (including phenoxy) is 2. The van der Waals surface area contributed by atoms with Crippen LogP contribution in [0.3, 0.4) is 0 Å². The molecule has 1 atom stereocenters. The summed E-state index contributed by atoms with van der Waals surface area (Å²) < 4.78 is 42.2. The molecule has 1 aromatic carbocycles. The summed E-state index contributed by atoms with van der Waals surface area (Å²) in [5, 5.41) is 13.8. The van der Waals surface area contributed by atoms with Crippen LogP contribution in [0.25, 0.3) is 12.2 Å². The van der Waals surface area contributed by atoms with E-state index in [2.05, 4.69) is 10.1 Å². The number of carbonyl (C=O) groups is 1. The topological polar surface area (TPSA) is 124 Å². The monoisotopic (exact) mass is 546 g/mol. The fraction of sp³-hybridized carbons (Fsp3) is 0.320. The Bertz CT molecular complexity index is 1420. The van der Waals surface area contributed by atoms with E-state index in [1.54, 1.807) is 55.5 Å². The molecule has 10 nitrogen and oxygen atoms in total. The van der Waals surface area contributed by atoms with E-state index in [0.29, 0.717) is 34.4 Å². The SMILES string of the molecule is CCOc1nn(CC)cc1S(=O)(=O)N1C[C@H](CCC(=O)O)Oc2ccc(/C=C/c3cccc(Cl)n3)cc21. The molecule has 1 N–H and O–H groups in total. The Morgan fingerprint density at radius 1 is 1.27 bits per heavy atom. The number of hydrogen-bond donors (Lipinski definition) is 1. The van der Waals surface area contributed by atoms with Gasteiger partial charge in [-0.1, -0.05) is 29.8 Å². The van der Waals surface area contributed by atoms with Crippen molar-refractivity contribution in [2.75, 3.05) is 17.5 Å². The molecule has 0 radical (unpaired) electrons. The summed E-state index contributed by atoms with van der Waals surface area (Å²) in [5.74, 6) is -0.631. The quantitative estimate of drug-likeness (QED) is 0.372. The van der Waals surface area contributed by atoms with Gasteiger partial charge in [0, 0.05) is 19.2 Å². The van der Waals surface area contributed by atoms with Crippen LogP contribution in [0.2, 0.25) is 5.15 Å². The average molecular weight is 547 g/mol. The number of benzene rings is 1. The van der Waals surface area contributed by atoms with Crippen LogP contribution in [-0.2, 0) is 21.4 Å². The maximum atomic E-state index is 14.0. The van der Waals surface area contributed by atoms with E-state index in [1.165, 1.54) is 15.2 Å². The number of rotatable bonds is 10. The first-order valence-corrected chi connectivity index (χ1v) is 13.6. The van der Waals surface area contributed by atoms with Crippen LogP contribution in [0.1, 0.15) is 37.9 Å². The van der Waals surface area contributed by atoms with Crippen LogP contribution in [0.5, 0.6) is 11.6 Å². The van der Waals surface area contributed by atoms with Gasteiger partial charge in [-0.25, -0.2) is 13.4 Å². The van der Waals surface area contributed by atoms with Crippen LogP contribution in [0.15, 0.2) is 47.5 Å². The van der Waals surface area contributed by atoms with Gasteiger partial charge in [0.1, 0.15) is 17.0 Å². The number of nitrogens with zero attached hydrogens (tertiary/aromatic N) is 4. The van der Waals surface area contributed by atoms with Gasteiger partial charge in [-0.2, -0.15) is 0 Å². The molecule has 0 unspecified atom stereocenters. The van der Waals surface area contributed by atoms with E-state index in [0.717, 1.165) is 0 Å². The van der Waals surface area contributed by atoms with Gasteiger partial charge in [0.2, 0.25) is 0 Å². The molecule has 0 saturated heterocycles. The number of anilines is 1. The number of fused-ring (bicyclic) bond motifs is 1. The molecular weight excluding hydrogens is 520 g/mol. The maximum absolute atomic E-state index is 14.0. The van der Waals surface area contributed by atoms with Gasteiger partial charge in [0.25, 0.3) is 15.9 Å². The summed E-state index contributed by atoms with van der Waals surface area (Å²) in [6, 6.07) is 10.4. The lowest BCUT2D eigenvalue weighted by Crippen LogP contribution is -2.43. The Hall–Kier alpha value is -3.57. The van der Waals surface area contributed by atoms with Crippen LogP contribution < -0.4 is 13.8 Å². The van der Waals surface area contributed by atoms with E-state index in [1.807, 2.05) is 6.92 Å². The smallest absolute Gasteiger partial charge is 0.303 e. The van der Waals surface area contributed by atoms with Crippen molar-refractivity contribution < 1.29 is 27.8 Å². The number of sulfonamides is 1. The lowest BCUT2D eigenvalue weighted by atomic mass is 10.1. The Labute approximate surface area is 220 Å². The Morgan fingerprint density at radius 3 is 2.78 bits per heavy atom. The summed E-state index contributed by atoms with van der Waals surface area (Å²) in [5.41, 5.74) is 1.69. The highest BCUT2D eigenvalue weighted by Crippen LogP contribution is 2.40. The summed E-state index contributed by atoms with van der Waals surface area (Å²) >= 11 is 5.97. The van der Waals surface area contributed by atoms with Gasteiger partial charge in [-0.15, -0.1) is 5.10 Å². The molecule has 37 heavy (non-hydrogen) atoms. The second-order valence-electron chi connectivity index (χ2n) is 8.24. The number of carboxylic acids is 1. The fourth-order valence-electron chi connectivity index (χ4n) is 3.87. The lowest BCUT2D eigenvalue weighted by molar-refractivity contribution is -0.137. The third kappa shape index (κ3) is 6.05. The van der Waals surface area contributed by atoms with Crippen LogP contribution >= 0.6 is 11.6 Å². The van der Waals surface area contributed by atoms with Gasteiger partial charge in [0.05, 0.1) is 24.5 Å². The molecule has 0 saturated carbocycles. The first kappa shape index (κ1) is 26.5. The summed E-state index contributed by atoms with van der Waals surface area (Å²) in [6.45, 7) is 4.24. The van der Waals surface area contributed by atoms with E-state index in [9.17, 15) is 13.2 Å². The van der Waals surface area contributed by atoms with Crippen molar-refractivity contribution >= 4 is 45.4 Å². The molecule has 196 valence electrons. The molecule has 2 aromatic heterocycles. The van der Waals surface area contributed by atoms with Crippen molar-refractivity contribution in [3.8, 4) is 11.6 Å². The molecule has 0 amide bonds. The lowest BCUT2D eigenvalue weighted by Gasteiger charge is -2.35. The van der Waals surface area contributed by atoms with E-state index in [-0.39, 0.29) is 36.8 Å². The van der Waals surface area contributed by atoms with Crippen molar-refractivity contribution in [3.63, 3.8) is 0 Å². The highest BCUT2D eigenvalue weighted by molar-refractivity contribution is 7.93. The molecule has 12 heteroatoms.